The first-order chi connectivity index (χ1) is 11.4. The second kappa shape index (κ2) is 8.18. The number of anilines is 2. The van der Waals surface area contributed by atoms with E-state index in [-0.39, 0.29) is 24.8 Å². The van der Waals surface area contributed by atoms with Gasteiger partial charge in [-0.25, -0.2) is 0 Å². The van der Waals surface area contributed by atoms with Crippen molar-refractivity contribution < 1.29 is 9.59 Å². The second-order valence-corrected chi connectivity index (χ2v) is 6.22. The summed E-state index contributed by atoms with van der Waals surface area (Å²) in [5, 5.41) is 3.44. The molecule has 2 rings (SSSR count). The number of para-hydroxylation sites is 1. The molecule has 0 fully saturated rings. The van der Waals surface area contributed by atoms with Gasteiger partial charge in [0.2, 0.25) is 11.8 Å². The van der Waals surface area contributed by atoms with Gasteiger partial charge >= 0.3 is 0 Å². The number of carbonyl (C=O) groups is 2. The highest BCUT2D eigenvalue weighted by Gasteiger charge is 2.15. The number of rotatable bonds is 5. The fourth-order valence-electron chi connectivity index (χ4n) is 2.30. The van der Waals surface area contributed by atoms with E-state index in [1.807, 2.05) is 31.2 Å². The predicted molar refractivity (Wildman–Crippen MR) is 98.9 cm³/mol. The van der Waals surface area contributed by atoms with Crippen molar-refractivity contribution >= 4 is 46.4 Å². The van der Waals surface area contributed by atoms with Crippen LogP contribution in [0.15, 0.2) is 42.5 Å². The molecule has 0 aliphatic carbocycles. The molecule has 0 atom stereocenters. The molecule has 2 aromatic rings. The van der Waals surface area contributed by atoms with E-state index in [1.54, 1.807) is 23.1 Å². The van der Waals surface area contributed by atoms with Crippen molar-refractivity contribution in [2.75, 3.05) is 16.8 Å². The van der Waals surface area contributed by atoms with Crippen LogP contribution in [-0.2, 0) is 9.59 Å². The number of amides is 2. The number of carbonyl (C=O) groups excluding carboxylic acids is 2. The highest BCUT2D eigenvalue weighted by Crippen LogP contribution is 2.29. The van der Waals surface area contributed by atoms with Gasteiger partial charge in [0.15, 0.2) is 0 Å². The SMILES string of the molecule is CC(=O)N(CCC(=O)Nc1c(Cl)cccc1Cl)c1cccc(C)c1. The average Bonchev–Trinajstić information content (AvgIpc) is 2.51. The first kappa shape index (κ1) is 18.3. The highest BCUT2D eigenvalue weighted by atomic mass is 35.5. The molecule has 0 bridgehead atoms. The third-order valence-corrected chi connectivity index (χ3v) is 4.11. The lowest BCUT2D eigenvalue weighted by molar-refractivity contribution is -0.117. The molecule has 24 heavy (non-hydrogen) atoms. The van der Waals surface area contributed by atoms with Crippen LogP contribution in [0.1, 0.15) is 18.9 Å². The number of nitrogens with zero attached hydrogens (tertiary/aromatic N) is 1. The summed E-state index contributed by atoms with van der Waals surface area (Å²) < 4.78 is 0. The van der Waals surface area contributed by atoms with Crippen molar-refractivity contribution in [1.29, 1.82) is 0 Å². The Morgan fingerprint density at radius 2 is 1.71 bits per heavy atom. The molecule has 0 spiro atoms. The number of hydrogen-bond acceptors (Lipinski definition) is 2. The van der Waals surface area contributed by atoms with Crippen LogP contribution in [0.3, 0.4) is 0 Å². The Bertz CT molecular complexity index is 742. The number of benzene rings is 2. The standard InChI is InChI=1S/C18H18Cl2N2O2/c1-12-5-3-6-14(11-12)22(13(2)23)10-9-17(24)21-18-15(19)7-4-8-16(18)20/h3-8,11H,9-10H2,1-2H3,(H,21,24). The van der Waals surface area contributed by atoms with Crippen molar-refractivity contribution in [3.8, 4) is 0 Å². The second-order valence-electron chi connectivity index (χ2n) is 5.40. The molecular formula is C18H18Cl2N2O2. The van der Waals surface area contributed by atoms with E-state index in [9.17, 15) is 9.59 Å². The Morgan fingerprint density at radius 3 is 2.29 bits per heavy atom. The molecule has 126 valence electrons. The van der Waals surface area contributed by atoms with E-state index in [4.69, 9.17) is 23.2 Å². The summed E-state index contributed by atoms with van der Waals surface area (Å²) in [6.45, 7) is 3.70. The van der Waals surface area contributed by atoms with Crippen LogP contribution in [0.2, 0.25) is 10.0 Å². The fraction of sp³-hybridized carbons (Fsp3) is 0.222. The number of nitrogens with one attached hydrogen (secondary N) is 1. The summed E-state index contributed by atoms with van der Waals surface area (Å²) in [7, 11) is 0. The lowest BCUT2D eigenvalue weighted by atomic mass is 10.2. The van der Waals surface area contributed by atoms with E-state index in [0.717, 1.165) is 11.3 Å². The molecule has 0 radical (unpaired) electrons. The molecule has 0 saturated heterocycles. The van der Waals surface area contributed by atoms with Gasteiger partial charge in [0.05, 0.1) is 15.7 Å². The van der Waals surface area contributed by atoms with Crippen LogP contribution in [-0.4, -0.2) is 18.4 Å². The smallest absolute Gasteiger partial charge is 0.226 e. The number of hydrogen-bond donors (Lipinski definition) is 1. The Balaban J connectivity index is 2.04. The summed E-state index contributed by atoms with van der Waals surface area (Å²) in [6, 6.07) is 12.6. The first-order valence-corrected chi connectivity index (χ1v) is 8.22. The zero-order chi connectivity index (χ0) is 17.7. The quantitative estimate of drug-likeness (QED) is 0.836. The molecular weight excluding hydrogens is 347 g/mol. The molecule has 0 saturated carbocycles. The summed E-state index contributed by atoms with van der Waals surface area (Å²) in [4.78, 5) is 25.6. The zero-order valence-corrected chi connectivity index (χ0v) is 15.0. The summed E-state index contributed by atoms with van der Waals surface area (Å²) >= 11 is 12.1. The van der Waals surface area contributed by atoms with Gasteiger partial charge in [-0.1, -0.05) is 41.4 Å². The normalized spacial score (nSPS) is 10.3. The minimum absolute atomic E-state index is 0.121. The Labute approximate surface area is 151 Å². The van der Waals surface area contributed by atoms with Crippen LogP contribution < -0.4 is 10.2 Å². The number of aryl methyl sites for hydroxylation is 1. The van der Waals surface area contributed by atoms with Gasteiger partial charge in [0.1, 0.15) is 0 Å². The Morgan fingerprint density at radius 1 is 1.08 bits per heavy atom. The lowest BCUT2D eigenvalue weighted by Gasteiger charge is -2.21. The third-order valence-electron chi connectivity index (χ3n) is 3.48. The molecule has 1 N–H and O–H groups in total. The Kier molecular flexibility index (Phi) is 6.23. The van der Waals surface area contributed by atoms with Crippen molar-refractivity contribution in [3.05, 3.63) is 58.1 Å². The van der Waals surface area contributed by atoms with Crippen molar-refractivity contribution in [3.63, 3.8) is 0 Å². The molecule has 2 aromatic carbocycles. The molecule has 2 amide bonds. The zero-order valence-electron chi connectivity index (χ0n) is 13.5. The molecule has 4 nitrogen and oxygen atoms in total. The molecule has 0 aliphatic heterocycles. The maximum Gasteiger partial charge on any atom is 0.226 e. The van der Waals surface area contributed by atoms with Crippen LogP contribution >= 0.6 is 23.2 Å². The third kappa shape index (κ3) is 4.73. The highest BCUT2D eigenvalue weighted by molar-refractivity contribution is 6.39. The van der Waals surface area contributed by atoms with E-state index in [0.29, 0.717) is 15.7 Å². The summed E-state index contributed by atoms with van der Waals surface area (Å²) in [5.74, 6) is -0.381. The van der Waals surface area contributed by atoms with Gasteiger partial charge in [-0.05, 0) is 36.8 Å². The van der Waals surface area contributed by atoms with Gasteiger partial charge < -0.3 is 10.2 Å². The topological polar surface area (TPSA) is 49.4 Å². The molecule has 0 unspecified atom stereocenters. The fourth-order valence-corrected chi connectivity index (χ4v) is 2.79. The molecule has 0 aliphatic rings. The minimum atomic E-state index is -0.260. The minimum Gasteiger partial charge on any atom is -0.323 e. The van der Waals surface area contributed by atoms with Gasteiger partial charge in [0, 0.05) is 25.6 Å². The van der Waals surface area contributed by atoms with Crippen molar-refractivity contribution in [2.24, 2.45) is 0 Å². The Hall–Kier alpha value is -2.04. The molecule has 6 heteroatoms. The molecule has 0 heterocycles. The first-order valence-electron chi connectivity index (χ1n) is 7.47. The molecule has 0 aromatic heterocycles. The van der Waals surface area contributed by atoms with E-state index in [2.05, 4.69) is 5.32 Å². The van der Waals surface area contributed by atoms with Gasteiger partial charge in [-0.2, -0.15) is 0 Å². The summed E-state index contributed by atoms with van der Waals surface area (Å²) in [6.07, 6.45) is 0.134. The van der Waals surface area contributed by atoms with Gasteiger partial charge in [-0.15, -0.1) is 0 Å². The summed E-state index contributed by atoms with van der Waals surface area (Å²) in [5.41, 5.74) is 2.20. The predicted octanol–water partition coefficient (Wildman–Crippen LogP) is 4.68. The van der Waals surface area contributed by atoms with Gasteiger partial charge in [-0.3, -0.25) is 9.59 Å². The maximum absolute atomic E-state index is 12.2. The van der Waals surface area contributed by atoms with Crippen LogP contribution in [0.4, 0.5) is 11.4 Å². The van der Waals surface area contributed by atoms with Crippen LogP contribution in [0, 0.1) is 6.92 Å². The maximum atomic E-state index is 12.2. The van der Waals surface area contributed by atoms with E-state index < -0.39 is 0 Å². The average molecular weight is 365 g/mol. The van der Waals surface area contributed by atoms with Crippen LogP contribution in [0.25, 0.3) is 0 Å². The lowest BCUT2D eigenvalue weighted by Crippen LogP contribution is -2.32. The van der Waals surface area contributed by atoms with Crippen molar-refractivity contribution in [2.45, 2.75) is 20.3 Å². The monoisotopic (exact) mass is 364 g/mol. The van der Waals surface area contributed by atoms with E-state index >= 15 is 0 Å². The van der Waals surface area contributed by atoms with E-state index in [1.165, 1.54) is 6.92 Å². The number of halogens is 2. The van der Waals surface area contributed by atoms with Gasteiger partial charge in [0.25, 0.3) is 0 Å². The largest absolute Gasteiger partial charge is 0.323 e. The van der Waals surface area contributed by atoms with Crippen molar-refractivity contribution in [1.82, 2.24) is 0 Å². The van der Waals surface area contributed by atoms with Crippen LogP contribution in [0.5, 0.6) is 0 Å².